The number of aryl methyl sites for hydroxylation is 1. The predicted molar refractivity (Wildman–Crippen MR) is 63.4 cm³/mol. The van der Waals surface area contributed by atoms with Crippen LogP contribution in [0.5, 0.6) is 0 Å². The molecule has 1 heteroatoms. The van der Waals surface area contributed by atoms with E-state index in [9.17, 15) is 5.26 Å². The number of rotatable bonds is 4. The Morgan fingerprint density at radius 3 is 2.80 bits per heavy atom. The molecule has 0 atom stereocenters. The van der Waals surface area contributed by atoms with Gasteiger partial charge in [0.25, 0.3) is 0 Å². The van der Waals surface area contributed by atoms with Gasteiger partial charge in [-0.3, -0.25) is 0 Å². The Labute approximate surface area is 92.1 Å². The summed E-state index contributed by atoms with van der Waals surface area (Å²) in [5.74, 6) is 1.06. The van der Waals surface area contributed by atoms with Crippen LogP contribution in [0.1, 0.15) is 37.0 Å². The van der Waals surface area contributed by atoms with E-state index >= 15 is 0 Å². The first-order chi connectivity index (χ1) is 7.24. The molecule has 0 unspecified atom stereocenters. The third kappa shape index (κ3) is 2.47. The summed E-state index contributed by atoms with van der Waals surface area (Å²) in [5, 5.41) is 9.17. The number of hydrogen-bond donors (Lipinski definition) is 0. The SMILES string of the molecule is C=C[C](C)c1cccc(CCC)c1C#N. The van der Waals surface area contributed by atoms with Crippen LogP contribution >= 0.6 is 0 Å². The highest BCUT2D eigenvalue weighted by Crippen LogP contribution is 2.23. The molecule has 0 aromatic heterocycles. The van der Waals surface area contributed by atoms with Crippen LogP contribution in [0, 0.1) is 17.2 Å². The van der Waals surface area contributed by atoms with Crippen LogP contribution in [-0.2, 0) is 6.42 Å². The molecular formula is C14H16N. The average Bonchev–Trinajstić information content (AvgIpc) is 2.28. The van der Waals surface area contributed by atoms with Crippen molar-refractivity contribution >= 4 is 0 Å². The van der Waals surface area contributed by atoms with Crippen molar-refractivity contribution in [1.82, 2.24) is 0 Å². The highest BCUT2D eigenvalue weighted by molar-refractivity contribution is 5.52. The summed E-state index contributed by atoms with van der Waals surface area (Å²) < 4.78 is 0. The van der Waals surface area contributed by atoms with Crippen LogP contribution in [-0.4, -0.2) is 0 Å². The maximum Gasteiger partial charge on any atom is 0.0997 e. The second-order valence-corrected chi connectivity index (χ2v) is 3.59. The fourth-order valence-electron chi connectivity index (χ4n) is 1.65. The minimum atomic E-state index is 0.803. The summed E-state index contributed by atoms with van der Waals surface area (Å²) in [5.41, 5.74) is 2.95. The first kappa shape index (κ1) is 11.5. The second-order valence-electron chi connectivity index (χ2n) is 3.59. The highest BCUT2D eigenvalue weighted by atomic mass is 14.3. The van der Waals surface area contributed by atoms with Gasteiger partial charge >= 0.3 is 0 Å². The Bertz CT molecular complexity index is 385. The van der Waals surface area contributed by atoms with Gasteiger partial charge in [-0.1, -0.05) is 44.5 Å². The monoisotopic (exact) mass is 198 g/mol. The first-order valence-electron chi connectivity index (χ1n) is 5.23. The number of nitriles is 1. The topological polar surface area (TPSA) is 23.8 Å². The molecule has 1 nitrogen and oxygen atoms in total. The second kappa shape index (κ2) is 5.36. The summed E-state index contributed by atoms with van der Waals surface area (Å²) in [6.07, 6.45) is 3.82. The largest absolute Gasteiger partial charge is 0.192 e. The van der Waals surface area contributed by atoms with Gasteiger partial charge in [0.15, 0.2) is 0 Å². The highest BCUT2D eigenvalue weighted by Gasteiger charge is 2.11. The van der Waals surface area contributed by atoms with Crippen LogP contribution in [0.25, 0.3) is 0 Å². The molecule has 0 spiro atoms. The standard InChI is InChI=1S/C14H16N/c1-4-7-12-8-6-9-13(11(3)5-2)14(12)10-15/h5-6,8-9H,2,4,7H2,1,3H3. The van der Waals surface area contributed by atoms with E-state index in [4.69, 9.17) is 0 Å². The number of allylic oxidation sites excluding steroid dienone is 1. The van der Waals surface area contributed by atoms with Crippen molar-refractivity contribution < 1.29 is 0 Å². The lowest BCUT2D eigenvalue weighted by molar-refractivity contribution is 0.915. The number of nitrogens with zero attached hydrogens (tertiary/aromatic N) is 1. The van der Waals surface area contributed by atoms with Crippen molar-refractivity contribution in [3.8, 4) is 6.07 Å². The lowest BCUT2D eigenvalue weighted by Crippen LogP contribution is -1.99. The van der Waals surface area contributed by atoms with E-state index in [0.29, 0.717) is 0 Å². The average molecular weight is 198 g/mol. The van der Waals surface area contributed by atoms with Crippen molar-refractivity contribution in [2.75, 3.05) is 0 Å². The fourth-order valence-corrected chi connectivity index (χ4v) is 1.65. The summed E-state index contributed by atoms with van der Waals surface area (Å²) in [6, 6.07) is 8.31. The molecule has 1 aromatic carbocycles. The zero-order valence-corrected chi connectivity index (χ0v) is 9.38. The maximum atomic E-state index is 9.17. The normalized spacial score (nSPS) is 10.0. The Morgan fingerprint density at radius 2 is 2.27 bits per heavy atom. The Balaban J connectivity index is 3.23. The van der Waals surface area contributed by atoms with Gasteiger partial charge in [-0.05, 0) is 17.5 Å². The molecule has 77 valence electrons. The van der Waals surface area contributed by atoms with Crippen molar-refractivity contribution in [1.29, 1.82) is 5.26 Å². The molecule has 1 aromatic rings. The Hall–Kier alpha value is -1.55. The van der Waals surface area contributed by atoms with Crippen molar-refractivity contribution in [2.24, 2.45) is 0 Å². The number of benzene rings is 1. The van der Waals surface area contributed by atoms with Gasteiger partial charge < -0.3 is 0 Å². The minimum Gasteiger partial charge on any atom is -0.192 e. The zero-order valence-electron chi connectivity index (χ0n) is 9.38. The lowest BCUT2D eigenvalue weighted by Gasteiger charge is -2.11. The molecule has 0 heterocycles. The van der Waals surface area contributed by atoms with Gasteiger partial charge in [-0.2, -0.15) is 5.26 Å². The lowest BCUT2D eigenvalue weighted by atomic mass is 9.91. The maximum absolute atomic E-state index is 9.17. The molecular weight excluding hydrogens is 182 g/mol. The molecule has 0 aliphatic carbocycles. The third-order valence-corrected chi connectivity index (χ3v) is 2.51. The van der Waals surface area contributed by atoms with Crippen LogP contribution in [0.4, 0.5) is 0 Å². The van der Waals surface area contributed by atoms with Crippen molar-refractivity contribution in [3.05, 3.63) is 53.5 Å². The molecule has 0 N–H and O–H groups in total. The Morgan fingerprint density at radius 1 is 1.53 bits per heavy atom. The van der Waals surface area contributed by atoms with E-state index in [2.05, 4.69) is 19.6 Å². The molecule has 0 amide bonds. The minimum absolute atomic E-state index is 0.803. The van der Waals surface area contributed by atoms with Crippen molar-refractivity contribution in [3.63, 3.8) is 0 Å². The zero-order chi connectivity index (χ0) is 11.3. The molecule has 0 bridgehead atoms. The van der Waals surface area contributed by atoms with Crippen LogP contribution in [0.2, 0.25) is 0 Å². The van der Waals surface area contributed by atoms with E-state index in [1.165, 1.54) is 0 Å². The summed E-state index contributed by atoms with van der Waals surface area (Å²) in [4.78, 5) is 0. The van der Waals surface area contributed by atoms with Crippen LogP contribution < -0.4 is 0 Å². The van der Waals surface area contributed by atoms with Gasteiger partial charge in [0, 0.05) is 5.92 Å². The quantitative estimate of drug-likeness (QED) is 0.724. The van der Waals surface area contributed by atoms with E-state index in [1.54, 1.807) is 6.08 Å². The molecule has 15 heavy (non-hydrogen) atoms. The molecule has 0 fully saturated rings. The molecule has 1 rings (SSSR count). The van der Waals surface area contributed by atoms with E-state index in [-0.39, 0.29) is 0 Å². The van der Waals surface area contributed by atoms with E-state index in [1.807, 2.05) is 25.1 Å². The molecule has 0 aliphatic heterocycles. The third-order valence-electron chi connectivity index (χ3n) is 2.51. The molecule has 0 saturated carbocycles. The van der Waals surface area contributed by atoms with Crippen molar-refractivity contribution in [2.45, 2.75) is 26.7 Å². The fraction of sp³-hybridized carbons (Fsp3) is 0.286. The Kier molecular flexibility index (Phi) is 4.12. The van der Waals surface area contributed by atoms with E-state index < -0.39 is 0 Å². The first-order valence-corrected chi connectivity index (χ1v) is 5.23. The molecule has 0 saturated heterocycles. The van der Waals surface area contributed by atoms with Gasteiger partial charge in [-0.15, -0.1) is 6.58 Å². The van der Waals surface area contributed by atoms with Gasteiger partial charge in [0.1, 0.15) is 0 Å². The molecule has 0 aliphatic rings. The summed E-state index contributed by atoms with van der Waals surface area (Å²) >= 11 is 0. The summed E-state index contributed by atoms with van der Waals surface area (Å²) in [7, 11) is 0. The van der Waals surface area contributed by atoms with Crippen LogP contribution in [0.15, 0.2) is 30.9 Å². The molecule has 1 radical (unpaired) electrons. The van der Waals surface area contributed by atoms with Gasteiger partial charge in [0.2, 0.25) is 0 Å². The number of hydrogen-bond acceptors (Lipinski definition) is 1. The predicted octanol–water partition coefficient (Wildman–Crippen LogP) is 3.64. The van der Waals surface area contributed by atoms with E-state index in [0.717, 1.165) is 35.4 Å². The summed E-state index contributed by atoms with van der Waals surface area (Å²) in [6.45, 7) is 7.85. The van der Waals surface area contributed by atoms with Gasteiger partial charge in [-0.25, -0.2) is 0 Å². The van der Waals surface area contributed by atoms with Crippen LogP contribution in [0.3, 0.4) is 0 Å². The smallest absolute Gasteiger partial charge is 0.0997 e. The van der Waals surface area contributed by atoms with Gasteiger partial charge in [0.05, 0.1) is 11.6 Å².